The molecule has 128 valence electrons. The molecule has 0 unspecified atom stereocenters. The van der Waals surface area contributed by atoms with Gasteiger partial charge in [0.1, 0.15) is 5.69 Å². The van der Waals surface area contributed by atoms with Crippen molar-refractivity contribution in [1.29, 1.82) is 0 Å². The first kappa shape index (κ1) is 17.2. The van der Waals surface area contributed by atoms with Gasteiger partial charge in [0.05, 0.1) is 18.8 Å². The lowest BCUT2D eigenvalue weighted by atomic mass is 10.1. The van der Waals surface area contributed by atoms with Crippen LogP contribution in [0.25, 0.3) is 11.3 Å². The van der Waals surface area contributed by atoms with Crippen molar-refractivity contribution < 1.29 is 9.53 Å². The SMILES string of the molecule is CCOC(=O)c1cc(-c2ccc(Cl)cc2)nn1Cc1ccc(C)cc1. The number of rotatable bonds is 5. The van der Waals surface area contributed by atoms with E-state index in [-0.39, 0.29) is 5.97 Å². The summed E-state index contributed by atoms with van der Waals surface area (Å²) < 4.78 is 6.86. The van der Waals surface area contributed by atoms with Crippen LogP contribution in [0.5, 0.6) is 0 Å². The van der Waals surface area contributed by atoms with Gasteiger partial charge in [-0.1, -0.05) is 53.6 Å². The minimum Gasteiger partial charge on any atom is -0.461 e. The van der Waals surface area contributed by atoms with Gasteiger partial charge < -0.3 is 4.74 Å². The van der Waals surface area contributed by atoms with Crippen LogP contribution in [0.2, 0.25) is 5.02 Å². The van der Waals surface area contributed by atoms with Crippen LogP contribution in [0.3, 0.4) is 0 Å². The minimum absolute atomic E-state index is 0.324. The lowest BCUT2D eigenvalue weighted by molar-refractivity contribution is 0.0512. The molecule has 5 heteroatoms. The predicted molar refractivity (Wildman–Crippen MR) is 98.9 cm³/mol. The molecule has 4 nitrogen and oxygen atoms in total. The van der Waals surface area contributed by atoms with Gasteiger partial charge in [0, 0.05) is 10.6 Å². The molecule has 0 aliphatic heterocycles. The summed E-state index contributed by atoms with van der Waals surface area (Å²) in [5, 5.41) is 5.26. The van der Waals surface area contributed by atoms with E-state index in [2.05, 4.69) is 5.10 Å². The molecular weight excluding hydrogens is 336 g/mol. The Bertz CT molecular complexity index is 868. The quantitative estimate of drug-likeness (QED) is 0.622. The van der Waals surface area contributed by atoms with Gasteiger partial charge >= 0.3 is 5.97 Å². The maximum atomic E-state index is 12.3. The molecule has 1 heterocycles. The Labute approximate surface area is 152 Å². The molecule has 0 fully saturated rings. The second-order valence-corrected chi connectivity index (χ2v) is 6.22. The van der Waals surface area contributed by atoms with Crippen molar-refractivity contribution in [2.24, 2.45) is 0 Å². The molecule has 25 heavy (non-hydrogen) atoms. The van der Waals surface area contributed by atoms with Gasteiger partial charge in [-0.05, 0) is 37.6 Å². The van der Waals surface area contributed by atoms with E-state index in [1.54, 1.807) is 29.8 Å². The summed E-state index contributed by atoms with van der Waals surface area (Å²) in [5.41, 5.74) is 4.32. The van der Waals surface area contributed by atoms with Crippen LogP contribution in [0, 0.1) is 6.92 Å². The molecule has 0 spiro atoms. The molecule has 0 aliphatic rings. The van der Waals surface area contributed by atoms with Crippen molar-refractivity contribution in [1.82, 2.24) is 9.78 Å². The highest BCUT2D eigenvalue weighted by atomic mass is 35.5. The van der Waals surface area contributed by atoms with E-state index in [1.165, 1.54) is 5.56 Å². The van der Waals surface area contributed by atoms with E-state index < -0.39 is 0 Å². The number of hydrogen-bond donors (Lipinski definition) is 0. The Balaban J connectivity index is 1.97. The largest absolute Gasteiger partial charge is 0.461 e. The van der Waals surface area contributed by atoms with Gasteiger partial charge in [-0.2, -0.15) is 5.10 Å². The molecule has 0 amide bonds. The molecule has 0 aliphatic carbocycles. The maximum Gasteiger partial charge on any atom is 0.356 e. The van der Waals surface area contributed by atoms with Gasteiger partial charge in [-0.25, -0.2) is 4.79 Å². The van der Waals surface area contributed by atoms with Crippen molar-refractivity contribution in [2.75, 3.05) is 6.61 Å². The first-order valence-corrected chi connectivity index (χ1v) is 8.51. The fourth-order valence-corrected chi connectivity index (χ4v) is 2.66. The number of aryl methyl sites for hydroxylation is 1. The van der Waals surface area contributed by atoms with E-state index in [1.807, 2.05) is 43.3 Å². The van der Waals surface area contributed by atoms with Crippen molar-refractivity contribution in [3.8, 4) is 11.3 Å². The summed E-state index contributed by atoms with van der Waals surface area (Å²) in [6.45, 7) is 4.66. The average molecular weight is 355 g/mol. The number of nitrogens with zero attached hydrogens (tertiary/aromatic N) is 2. The normalized spacial score (nSPS) is 10.7. The summed E-state index contributed by atoms with van der Waals surface area (Å²) in [5.74, 6) is -0.373. The van der Waals surface area contributed by atoms with Crippen molar-refractivity contribution in [3.63, 3.8) is 0 Å². The maximum absolute atomic E-state index is 12.3. The lowest BCUT2D eigenvalue weighted by Crippen LogP contribution is -2.14. The number of esters is 1. The Morgan fingerprint density at radius 1 is 1.12 bits per heavy atom. The molecule has 1 aromatic heterocycles. The van der Waals surface area contributed by atoms with E-state index in [0.29, 0.717) is 29.6 Å². The van der Waals surface area contributed by atoms with Crippen molar-refractivity contribution in [3.05, 3.63) is 76.4 Å². The average Bonchev–Trinajstić information content (AvgIpc) is 3.02. The number of hydrogen-bond acceptors (Lipinski definition) is 3. The molecule has 0 radical (unpaired) electrons. The fraction of sp³-hybridized carbons (Fsp3) is 0.200. The third-order valence-electron chi connectivity index (χ3n) is 3.86. The summed E-state index contributed by atoms with van der Waals surface area (Å²) in [6.07, 6.45) is 0. The molecule has 3 rings (SSSR count). The Morgan fingerprint density at radius 3 is 2.44 bits per heavy atom. The first-order chi connectivity index (χ1) is 12.1. The molecule has 0 N–H and O–H groups in total. The molecular formula is C20H19ClN2O2. The van der Waals surface area contributed by atoms with Crippen LogP contribution in [-0.4, -0.2) is 22.4 Å². The standard InChI is InChI=1S/C20H19ClN2O2/c1-3-25-20(24)19-12-18(16-8-10-17(21)11-9-16)22-23(19)13-15-6-4-14(2)5-7-15/h4-12H,3,13H2,1-2H3. The first-order valence-electron chi connectivity index (χ1n) is 8.13. The molecule has 0 atom stereocenters. The summed E-state index contributed by atoms with van der Waals surface area (Å²) >= 11 is 5.95. The number of benzene rings is 2. The monoisotopic (exact) mass is 354 g/mol. The Hall–Kier alpha value is -2.59. The van der Waals surface area contributed by atoms with Gasteiger partial charge in [0.15, 0.2) is 0 Å². The zero-order valence-corrected chi connectivity index (χ0v) is 15.0. The third kappa shape index (κ3) is 4.09. The number of halogens is 1. The smallest absolute Gasteiger partial charge is 0.356 e. The summed E-state index contributed by atoms with van der Waals surface area (Å²) in [4.78, 5) is 12.3. The van der Waals surface area contributed by atoms with Gasteiger partial charge in [0.25, 0.3) is 0 Å². The number of aromatic nitrogens is 2. The van der Waals surface area contributed by atoms with E-state index in [4.69, 9.17) is 16.3 Å². The number of carbonyl (C=O) groups is 1. The van der Waals surface area contributed by atoms with Crippen molar-refractivity contribution >= 4 is 17.6 Å². The highest BCUT2D eigenvalue weighted by Crippen LogP contribution is 2.22. The second kappa shape index (κ2) is 7.53. The molecule has 0 saturated carbocycles. The van der Waals surface area contributed by atoms with E-state index in [0.717, 1.165) is 11.1 Å². The van der Waals surface area contributed by atoms with Crippen LogP contribution in [0.4, 0.5) is 0 Å². The zero-order valence-electron chi connectivity index (χ0n) is 14.2. The summed E-state index contributed by atoms with van der Waals surface area (Å²) in [6, 6.07) is 17.3. The highest BCUT2D eigenvalue weighted by molar-refractivity contribution is 6.30. The van der Waals surface area contributed by atoms with Crippen LogP contribution < -0.4 is 0 Å². The lowest BCUT2D eigenvalue weighted by Gasteiger charge is -2.07. The van der Waals surface area contributed by atoms with Crippen molar-refractivity contribution in [2.45, 2.75) is 20.4 Å². The Morgan fingerprint density at radius 2 is 1.80 bits per heavy atom. The van der Waals surface area contributed by atoms with Gasteiger partial charge in [-0.3, -0.25) is 4.68 Å². The van der Waals surface area contributed by atoms with E-state index >= 15 is 0 Å². The molecule has 0 bridgehead atoms. The van der Waals surface area contributed by atoms with Crippen LogP contribution in [0.1, 0.15) is 28.5 Å². The fourth-order valence-electron chi connectivity index (χ4n) is 2.53. The Kier molecular flexibility index (Phi) is 5.19. The van der Waals surface area contributed by atoms with Gasteiger partial charge in [-0.15, -0.1) is 0 Å². The van der Waals surface area contributed by atoms with Crippen LogP contribution >= 0.6 is 11.6 Å². The van der Waals surface area contributed by atoms with Crippen LogP contribution in [0.15, 0.2) is 54.6 Å². The second-order valence-electron chi connectivity index (χ2n) is 5.79. The molecule has 2 aromatic carbocycles. The topological polar surface area (TPSA) is 44.1 Å². The number of ether oxygens (including phenoxy) is 1. The highest BCUT2D eigenvalue weighted by Gasteiger charge is 2.17. The van der Waals surface area contributed by atoms with Crippen LogP contribution in [-0.2, 0) is 11.3 Å². The van der Waals surface area contributed by atoms with Gasteiger partial charge in [0.2, 0.25) is 0 Å². The predicted octanol–water partition coefficient (Wildman–Crippen LogP) is 4.74. The minimum atomic E-state index is -0.373. The third-order valence-corrected chi connectivity index (χ3v) is 4.11. The van der Waals surface area contributed by atoms with E-state index in [9.17, 15) is 4.79 Å². The number of carbonyl (C=O) groups excluding carboxylic acids is 1. The zero-order chi connectivity index (χ0) is 17.8. The summed E-state index contributed by atoms with van der Waals surface area (Å²) in [7, 11) is 0. The molecule has 3 aromatic rings. The molecule has 0 saturated heterocycles.